The molecule has 3 heteroatoms. The number of hydrogen-bond acceptors (Lipinski definition) is 3. The van der Waals surface area contributed by atoms with Gasteiger partial charge in [-0.3, -0.25) is 4.90 Å². The van der Waals surface area contributed by atoms with Gasteiger partial charge in [-0.05, 0) is 13.3 Å². The summed E-state index contributed by atoms with van der Waals surface area (Å²) in [6, 6.07) is 0. The van der Waals surface area contributed by atoms with E-state index in [2.05, 4.69) is 4.90 Å². The SMILES string of the molecule is CO[C@H]1CCN(C[C@@H](C)O)C1. The minimum Gasteiger partial charge on any atom is -0.392 e. The van der Waals surface area contributed by atoms with Gasteiger partial charge in [0.25, 0.3) is 0 Å². The van der Waals surface area contributed by atoms with Crippen LogP contribution in [-0.2, 0) is 4.74 Å². The molecule has 2 atom stereocenters. The van der Waals surface area contributed by atoms with Gasteiger partial charge >= 0.3 is 0 Å². The van der Waals surface area contributed by atoms with E-state index >= 15 is 0 Å². The summed E-state index contributed by atoms with van der Waals surface area (Å²) in [5, 5.41) is 9.09. The van der Waals surface area contributed by atoms with Crippen molar-refractivity contribution in [2.24, 2.45) is 0 Å². The molecule has 11 heavy (non-hydrogen) atoms. The van der Waals surface area contributed by atoms with E-state index in [1.807, 2.05) is 6.92 Å². The summed E-state index contributed by atoms with van der Waals surface area (Å²) >= 11 is 0. The summed E-state index contributed by atoms with van der Waals surface area (Å²) in [6.07, 6.45) is 1.27. The molecule has 1 aliphatic heterocycles. The van der Waals surface area contributed by atoms with Crippen molar-refractivity contribution in [3.05, 3.63) is 0 Å². The van der Waals surface area contributed by atoms with Crippen LogP contribution in [0.3, 0.4) is 0 Å². The van der Waals surface area contributed by atoms with Crippen LogP contribution in [0.1, 0.15) is 13.3 Å². The molecule has 66 valence electrons. The van der Waals surface area contributed by atoms with E-state index in [0.717, 1.165) is 26.1 Å². The number of β-amino-alcohol motifs (C(OH)–C–C–N with tert-alkyl or cyclic N) is 1. The monoisotopic (exact) mass is 159 g/mol. The van der Waals surface area contributed by atoms with Crippen molar-refractivity contribution < 1.29 is 9.84 Å². The Morgan fingerprint density at radius 3 is 2.91 bits per heavy atom. The number of methoxy groups -OCH3 is 1. The lowest BCUT2D eigenvalue weighted by molar-refractivity contribution is 0.0945. The Kier molecular flexibility index (Phi) is 3.30. The molecule has 0 saturated carbocycles. The molecule has 1 N–H and O–H groups in total. The summed E-state index contributed by atoms with van der Waals surface area (Å²) in [7, 11) is 1.75. The first kappa shape index (κ1) is 8.97. The summed E-state index contributed by atoms with van der Waals surface area (Å²) in [4.78, 5) is 2.23. The van der Waals surface area contributed by atoms with Crippen molar-refractivity contribution in [1.82, 2.24) is 4.90 Å². The Morgan fingerprint density at radius 1 is 1.73 bits per heavy atom. The van der Waals surface area contributed by atoms with Crippen LogP contribution in [0.4, 0.5) is 0 Å². The number of hydrogen-bond donors (Lipinski definition) is 1. The van der Waals surface area contributed by atoms with Gasteiger partial charge in [0, 0.05) is 26.7 Å². The fraction of sp³-hybridized carbons (Fsp3) is 1.00. The number of ether oxygens (including phenoxy) is 1. The van der Waals surface area contributed by atoms with Crippen LogP contribution in [0.2, 0.25) is 0 Å². The third kappa shape index (κ3) is 2.77. The van der Waals surface area contributed by atoms with Gasteiger partial charge in [-0.25, -0.2) is 0 Å². The Morgan fingerprint density at radius 2 is 2.45 bits per heavy atom. The lowest BCUT2D eigenvalue weighted by Crippen LogP contribution is -2.29. The molecular formula is C8H17NO2. The molecule has 0 aromatic carbocycles. The number of aliphatic hydroxyl groups is 1. The molecule has 3 nitrogen and oxygen atoms in total. The lowest BCUT2D eigenvalue weighted by atomic mass is 10.3. The average Bonchev–Trinajstić information content (AvgIpc) is 2.34. The third-order valence-corrected chi connectivity index (χ3v) is 2.08. The fourth-order valence-corrected chi connectivity index (χ4v) is 1.53. The summed E-state index contributed by atoms with van der Waals surface area (Å²) in [5.41, 5.74) is 0. The van der Waals surface area contributed by atoms with Gasteiger partial charge in [0.05, 0.1) is 12.2 Å². The predicted octanol–water partition coefficient (Wildman–Crippen LogP) is 0.0879. The number of aliphatic hydroxyl groups excluding tert-OH is 1. The largest absolute Gasteiger partial charge is 0.392 e. The van der Waals surface area contributed by atoms with E-state index in [0.29, 0.717) is 6.10 Å². The zero-order chi connectivity index (χ0) is 8.27. The van der Waals surface area contributed by atoms with Gasteiger partial charge in [0.1, 0.15) is 0 Å². The van der Waals surface area contributed by atoms with Crippen molar-refractivity contribution in [3.8, 4) is 0 Å². The molecule has 1 heterocycles. The Bertz CT molecular complexity index is 117. The maximum atomic E-state index is 9.09. The molecule has 0 radical (unpaired) electrons. The molecule has 0 bridgehead atoms. The summed E-state index contributed by atoms with van der Waals surface area (Å²) in [6.45, 7) is 4.63. The number of rotatable bonds is 3. The van der Waals surface area contributed by atoms with Crippen LogP contribution in [0.25, 0.3) is 0 Å². The van der Waals surface area contributed by atoms with E-state index < -0.39 is 0 Å². The quantitative estimate of drug-likeness (QED) is 0.633. The van der Waals surface area contributed by atoms with Crippen LogP contribution >= 0.6 is 0 Å². The highest BCUT2D eigenvalue weighted by molar-refractivity contribution is 4.76. The van der Waals surface area contributed by atoms with Gasteiger partial charge in [-0.15, -0.1) is 0 Å². The highest BCUT2D eigenvalue weighted by atomic mass is 16.5. The zero-order valence-corrected chi connectivity index (χ0v) is 7.29. The molecule has 0 amide bonds. The highest BCUT2D eigenvalue weighted by Gasteiger charge is 2.22. The molecule has 0 spiro atoms. The van der Waals surface area contributed by atoms with Crippen molar-refractivity contribution in [1.29, 1.82) is 0 Å². The van der Waals surface area contributed by atoms with Crippen molar-refractivity contribution in [2.75, 3.05) is 26.7 Å². The molecule has 1 fully saturated rings. The van der Waals surface area contributed by atoms with Crippen molar-refractivity contribution in [3.63, 3.8) is 0 Å². The molecular weight excluding hydrogens is 142 g/mol. The second-order valence-electron chi connectivity index (χ2n) is 3.25. The van der Waals surface area contributed by atoms with Crippen molar-refractivity contribution in [2.45, 2.75) is 25.6 Å². The van der Waals surface area contributed by atoms with Crippen LogP contribution < -0.4 is 0 Å². The second-order valence-corrected chi connectivity index (χ2v) is 3.25. The Hall–Kier alpha value is -0.120. The van der Waals surface area contributed by atoms with Crippen LogP contribution in [-0.4, -0.2) is 49.0 Å². The molecule has 0 unspecified atom stereocenters. The minimum atomic E-state index is -0.217. The first-order valence-electron chi connectivity index (χ1n) is 4.15. The summed E-state index contributed by atoms with van der Waals surface area (Å²) < 4.78 is 5.20. The molecule has 1 saturated heterocycles. The van der Waals surface area contributed by atoms with Crippen molar-refractivity contribution >= 4 is 0 Å². The van der Waals surface area contributed by atoms with E-state index in [9.17, 15) is 0 Å². The van der Waals surface area contributed by atoms with Crippen LogP contribution in [0.15, 0.2) is 0 Å². The van der Waals surface area contributed by atoms with Gasteiger partial charge < -0.3 is 9.84 Å². The molecule has 0 aromatic heterocycles. The average molecular weight is 159 g/mol. The Balaban J connectivity index is 2.19. The Labute approximate surface area is 68.0 Å². The maximum Gasteiger partial charge on any atom is 0.0710 e. The third-order valence-electron chi connectivity index (χ3n) is 2.08. The predicted molar refractivity (Wildman–Crippen MR) is 43.5 cm³/mol. The van der Waals surface area contributed by atoms with Gasteiger partial charge in [-0.2, -0.15) is 0 Å². The zero-order valence-electron chi connectivity index (χ0n) is 7.29. The van der Waals surface area contributed by atoms with Gasteiger partial charge in [0.15, 0.2) is 0 Å². The highest BCUT2D eigenvalue weighted by Crippen LogP contribution is 2.11. The normalized spacial score (nSPS) is 29.2. The second kappa shape index (κ2) is 4.04. The topological polar surface area (TPSA) is 32.7 Å². The summed E-state index contributed by atoms with van der Waals surface area (Å²) in [5.74, 6) is 0. The van der Waals surface area contributed by atoms with E-state index in [4.69, 9.17) is 9.84 Å². The van der Waals surface area contributed by atoms with Crippen LogP contribution in [0.5, 0.6) is 0 Å². The van der Waals surface area contributed by atoms with Gasteiger partial charge in [0.2, 0.25) is 0 Å². The lowest BCUT2D eigenvalue weighted by Gasteiger charge is -2.16. The first-order chi connectivity index (χ1) is 5.22. The fourth-order valence-electron chi connectivity index (χ4n) is 1.53. The van der Waals surface area contributed by atoms with Crippen LogP contribution in [0, 0.1) is 0 Å². The molecule has 1 aliphatic rings. The van der Waals surface area contributed by atoms with Gasteiger partial charge in [-0.1, -0.05) is 0 Å². The molecule has 1 rings (SSSR count). The maximum absolute atomic E-state index is 9.09. The molecule has 0 aromatic rings. The van der Waals surface area contributed by atoms with E-state index in [-0.39, 0.29) is 6.10 Å². The number of likely N-dealkylation sites (tertiary alicyclic amines) is 1. The van der Waals surface area contributed by atoms with E-state index in [1.54, 1.807) is 7.11 Å². The smallest absolute Gasteiger partial charge is 0.0710 e. The first-order valence-corrected chi connectivity index (χ1v) is 4.15. The van der Waals surface area contributed by atoms with E-state index in [1.165, 1.54) is 0 Å². The molecule has 0 aliphatic carbocycles. The standard InChI is InChI=1S/C8H17NO2/c1-7(10)5-9-4-3-8(6-9)11-2/h7-8,10H,3-6H2,1-2H3/t7-,8+/m1/s1. The minimum absolute atomic E-state index is 0.217. The number of nitrogens with zero attached hydrogens (tertiary/aromatic N) is 1.